The molecule has 0 atom stereocenters. The summed E-state index contributed by atoms with van der Waals surface area (Å²) >= 11 is 0. The van der Waals surface area contributed by atoms with Crippen molar-refractivity contribution in [2.24, 2.45) is 5.10 Å². The van der Waals surface area contributed by atoms with Gasteiger partial charge in [0.2, 0.25) is 5.90 Å². The number of benzene rings is 2. The van der Waals surface area contributed by atoms with Gasteiger partial charge in [0, 0.05) is 11.1 Å². The van der Waals surface area contributed by atoms with E-state index < -0.39 is 5.82 Å². The summed E-state index contributed by atoms with van der Waals surface area (Å²) in [5.74, 6) is -1.04. The molecule has 2 aromatic rings. The van der Waals surface area contributed by atoms with E-state index >= 15 is 0 Å². The number of nitrogens with zero attached hydrogens (tertiary/aromatic N) is 1. The summed E-state index contributed by atoms with van der Waals surface area (Å²) in [6.45, 7) is 1.56. The Balaban J connectivity index is 1.97. The molecule has 1 aliphatic heterocycles. The van der Waals surface area contributed by atoms with Gasteiger partial charge in [0.05, 0.1) is 0 Å². The van der Waals surface area contributed by atoms with Crippen LogP contribution in [-0.2, 0) is 9.53 Å². The Morgan fingerprint density at radius 1 is 1.14 bits per heavy atom. The highest BCUT2D eigenvalue weighted by Gasteiger charge is 2.17. The molecule has 2 aromatic carbocycles. The highest BCUT2D eigenvalue weighted by molar-refractivity contribution is 5.98. The molecule has 1 aliphatic rings. The average molecular weight is 302 g/mol. The van der Waals surface area contributed by atoms with Crippen molar-refractivity contribution in [3.8, 4) is 11.1 Å². The maximum atomic E-state index is 14.4. The zero-order valence-electron chi connectivity index (χ0n) is 11.7. The summed E-state index contributed by atoms with van der Waals surface area (Å²) in [4.78, 5) is 11.0. The molecule has 3 rings (SSSR count). The zero-order chi connectivity index (χ0) is 15.7. The highest BCUT2D eigenvalue weighted by atomic mass is 19.1. The van der Waals surface area contributed by atoms with Crippen molar-refractivity contribution >= 4 is 11.8 Å². The number of hydrogen-bond acceptors (Lipinski definition) is 3. The van der Waals surface area contributed by atoms with Crippen molar-refractivity contribution in [1.82, 2.24) is 5.43 Å². The molecule has 0 spiro atoms. The Hall–Kier alpha value is -2.76. The quantitative estimate of drug-likeness (QED) is 0.927. The monoisotopic (exact) mass is 302 g/mol. The van der Waals surface area contributed by atoms with Crippen LogP contribution in [0.2, 0.25) is 0 Å². The van der Waals surface area contributed by atoms with Crippen LogP contribution in [0.25, 0.3) is 11.1 Å². The average Bonchev–Trinajstić information content (AvgIpc) is 2.49. The molecule has 0 unspecified atom stereocenters. The van der Waals surface area contributed by atoms with Gasteiger partial charge in [-0.2, -0.15) is 0 Å². The van der Waals surface area contributed by atoms with Gasteiger partial charge in [-0.25, -0.2) is 14.2 Å². The lowest BCUT2D eigenvalue weighted by molar-refractivity contribution is -0.124. The summed E-state index contributed by atoms with van der Waals surface area (Å²) in [6.07, 6.45) is 0. The fourth-order valence-electron chi connectivity index (χ4n) is 2.26. The van der Waals surface area contributed by atoms with Gasteiger partial charge in [0.1, 0.15) is 11.6 Å². The molecular weight excluding hydrogens is 290 g/mol. The molecular formula is C16H12F2N2O2. The van der Waals surface area contributed by atoms with E-state index in [1.165, 1.54) is 24.3 Å². The number of hydrazone groups is 1. The number of aryl methyl sites for hydroxylation is 1. The molecule has 0 aliphatic carbocycles. The Morgan fingerprint density at radius 2 is 1.91 bits per heavy atom. The number of ether oxygens (including phenoxy) is 1. The third kappa shape index (κ3) is 2.67. The first-order valence-electron chi connectivity index (χ1n) is 6.60. The van der Waals surface area contributed by atoms with Crippen LogP contribution >= 0.6 is 0 Å². The fourth-order valence-corrected chi connectivity index (χ4v) is 2.26. The third-order valence-electron chi connectivity index (χ3n) is 3.32. The van der Waals surface area contributed by atoms with Crippen LogP contribution < -0.4 is 5.43 Å². The second-order valence-electron chi connectivity index (χ2n) is 4.89. The van der Waals surface area contributed by atoms with Crippen molar-refractivity contribution in [1.29, 1.82) is 0 Å². The SMILES string of the molecule is Cc1cc(F)ccc1-c1ccc(C2=NNC(=O)CO2)cc1F. The first-order valence-corrected chi connectivity index (χ1v) is 6.60. The van der Waals surface area contributed by atoms with Gasteiger partial charge in [-0.15, -0.1) is 5.10 Å². The van der Waals surface area contributed by atoms with Crippen LogP contribution in [0.5, 0.6) is 0 Å². The Kier molecular flexibility index (Phi) is 3.58. The lowest BCUT2D eigenvalue weighted by Gasteiger charge is -2.14. The first-order chi connectivity index (χ1) is 10.5. The molecule has 0 aromatic heterocycles. The van der Waals surface area contributed by atoms with E-state index in [9.17, 15) is 13.6 Å². The number of nitrogens with one attached hydrogen (secondary N) is 1. The van der Waals surface area contributed by atoms with Crippen LogP contribution in [0.4, 0.5) is 8.78 Å². The van der Waals surface area contributed by atoms with Crippen molar-refractivity contribution in [2.45, 2.75) is 6.92 Å². The number of rotatable bonds is 2. The Morgan fingerprint density at radius 3 is 2.55 bits per heavy atom. The molecule has 0 fully saturated rings. The maximum Gasteiger partial charge on any atom is 0.278 e. The van der Waals surface area contributed by atoms with Crippen molar-refractivity contribution in [3.63, 3.8) is 0 Å². The van der Waals surface area contributed by atoms with E-state index in [-0.39, 0.29) is 24.2 Å². The number of amides is 1. The van der Waals surface area contributed by atoms with Gasteiger partial charge in [0.15, 0.2) is 6.61 Å². The van der Waals surface area contributed by atoms with Crippen LogP contribution in [0.1, 0.15) is 11.1 Å². The van der Waals surface area contributed by atoms with Gasteiger partial charge >= 0.3 is 0 Å². The fraction of sp³-hybridized carbons (Fsp3) is 0.125. The molecule has 4 nitrogen and oxygen atoms in total. The first kappa shape index (κ1) is 14.2. The summed E-state index contributed by atoms with van der Waals surface area (Å²) in [5.41, 5.74) is 4.31. The van der Waals surface area contributed by atoms with Gasteiger partial charge in [-0.3, -0.25) is 4.79 Å². The molecule has 0 saturated heterocycles. The number of hydrogen-bond donors (Lipinski definition) is 1. The summed E-state index contributed by atoms with van der Waals surface area (Å²) in [7, 11) is 0. The van der Waals surface area contributed by atoms with Gasteiger partial charge in [-0.1, -0.05) is 12.1 Å². The van der Waals surface area contributed by atoms with E-state index in [4.69, 9.17) is 4.74 Å². The van der Waals surface area contributed by atoms with E-state index in [2.05, 4.69) is 10.5 Å². The molecule has 0 radical (unpaired) electrons. The number of carbonyl (C=O) groups is 1. The van der Waals surface area contributed by atoms with E-state index in [0.29, 0.717) is 22.3 Å². The second-order valence-corrected chi connectivity index (χ2v) is 4.89. The lowest BCUT2D eigenvalue weighted by atomic mass is 9.98. The molecule has 0 saturated carbocycles. The minimum Gasteiger partial charge on any atom is -0.466 e. The third-order valence-corrected chi connectivity index (χ3v) is 3.32. The van der Waals surface area contributed by atoms with Crippen LogP contribution in [0, 0.1) is 18.6 Å². The van der Waals surface area contributed by atoms with Crippen LogP contribution in [-0.4, -0.2) is 18.4 Å². The normalized spacial score (nSPS) is 14.1. The number of halogens is 2. The van der Waals surface area contributed by atoms with Crippen molar-refractivity contribution < 1.29 is 18.3 Å². The molecule has 22 heavy (non-hydrogen) atoms. The van der Waals surface area contributed by atoms with Gasteiger partial charge in [-0.05, 0) is 42.3 Å². The van der Waals surface area contributed by atoms with E-state index in [1.807, 2.05) is 0 Å². The van der Waals surface area contributed by atoms with Crippen LogP contribution in [0.3, 0.4) is 0 Å². The van der Waals surface area contributed by atoms with Crippen LogP contribution in [0.15, 0.2) is 41.5 Å². The summed E-state index contributed by atoms with van der Waals surface area (Å²) in [5, 5.41) is 3.73. The molecule has 6 heteroatoms. The minimum absolute atomic E-state index is 0.153. The van der Waals surface area contributed by atoms with E-state index in [1.54, 1.807) is 19.1 Å². The Labute approximate surface area is 125 Å². The predicted octanol–water partition coefficient (Wildman–Crippen LogP) is 2.75. The molecule has 1 N–H and O–H groups in total. The summed E-state index contributed by atoms with van der Waals surface area (Å²) < 4.78 is 32.6. The van der Waals surface area contributed by atoms with Gasteiger partial charge < -0.3 is 4.74 Å². The predicted molar refractivity (Wildman–Crippen MR) is 77.2 cm³/mol. The summed E-state index contributed by atoms with van der Waals surface area (Å²) in [6, 6.07) is 8.67. The smallest absolute Gasteiger partial charge is 0.278 e. The molecule has 1 heterocycles. The minimum atomic E-state index is -0.476. The maximum absolute atomic E-state index is 14.4. The standard InChI is InChI=1S/C16H12F2N2O2/c1-9-6-11(17)3-5-12(9)13-4-2-10(7-14(13)18)16-20-19-15(21)8-22-16/h2-7H,8H2,1H3,(H,19,21). The largest absolute Gasteiger partial charge is 0.466 e. The second kappa shape index (κ2) is 5.55. The highest BCUT2D eigenvalue weighted by Crippen LogP contribution is 2.27. The van der Waals surface area contributed by atoms with Gasteiger partial charge in [0.25, 0.3) is 5.91 Å². The molecule has 1 amide bonds. The van der Waals surface area contributed by atoms with Crippen molar-refractivity contribution in [2.75, 3.05) is 6.61 Å². The van der Waals surface area contributed by atoms with E-state index in [0.717, 1.165) is 0 Å². The zero-order valence-corrected chi connectivity index (χ0v) is 11.7. The van der Waals surface area contributed by atoms with Crippen molar-refractivity contribution in [3.05, 3.63) is 59.2 Å². The lowest BCUT2D eigenvalue weighted by Crippen LogP contribution is -2.32. The molecule has 0 bridgehead atoms. The topological polar surface area (TPSA) is 50.7 Å². The Bertz CT molecular complexity index is 788. The number of carbonyl (C=O) groups excluding carboxylic acids is 1. The molecule has 112 valence electrons.